The number of imidazole rings is 1. The summed E-state index contributed by atoms with van der Waals surface area (Å²) >= 11 is 1.67. The van der Waals surface area contributed by atoms with E-state index >= 15 is 0 Å². The molecule has 0 aromatic carbocycles. The van der Waals surface area contributed by atoms with E-state index < -0.39 is 10.6 Å². The van der Waals surface area contributed by atoms with Crippen LogP contribution in [0.3, 0.4) is 0 Å². The van der Waals surface area contributed by atoms with Crippen molar-refractivity contribution in [1.29, 1.82) is 5.26 Å². The first-order chi connectivity index (χ1) is 9.60. The average Bonchev–Trinajstić information content (AvgIpc) is 2.82. The Kier molecular flexibility index (Phi) is 6.39. The summed E-state index contributed by atoms with van der Waals surface area (Å²) in [5.41, 5.74) is 1.53. The molecular formula is C11H16N6O2S. The largest absolute Gasteiger partial charge is 0.385 e. The fourth-order valence-electron chi connectivity index (χ4n) is 1.44. The maximum absolute atomic E-state index is 10.6. The van der Waals surface area contributed by atoms with E-state index in [9.17, 15) is 10.1 Å². The lowest BCUT2D eigenvalue weighted by Gasteiger charge is -2.08. The SMILES string of the molecule is CN/C(NCCSCc1[nH]cnc1C)=C(/C#N)[N+](=O)[O-]. The highest BCUT2D eigenvalue weighted by molar-refractivity contribution is 7.98. The van der Waals surface area contributed by atoms with Gasteiger partial charge in [0.15, 0.2) is 11.9 Å². The number of hydrogen-bond acceptors (Lipinski definition) is 7. The van der Waals surface area contributed by atoms with Gasteiger partial charge in [0.1, 0.15) is 0 Å². The lowest BCUT2D eigenvalue weighted by Crippen LogP contribution is -2.28. The molecule has 3 N–H and O–H groups in total. The maximum atomic E-state index is 10.6. The summed E-state index contributed by atoms with van der Waals surface area (Å²) in [6.45, 7) is 2.45. The first-order valence-corrected chi connectivity index (χ1v) is 7.02. The highest BCUT2D eigenvalue weighted by atomic mass is 32.2. The molecule has 0 aliphatic rings. The van der Waals surface area contributed by atoms with Crippen molar-refractivity contribution in [1.82, 2.24) is 20.6 Å². The number of nitrogens with zero attached hydrogens (tertiary/aromatic N) is 3. The number of aromatic nitrogens is 2. The molecule has 0 atom stereocenters. The Morgan fingerprint density at radius 2 is 2.45 bits per heavy atom. The third kappa shape index (κ3) is 4.47. The smallest absolute Gasteiger partial charge is 0.369 e. The maximum Gasteiger partial charge on any atom is 0.385 e. The van der Waals surface area contributed by atoms with Gasteiger partial charge in [0.05, 0.1) is 16.9 Å². The van der Waals surface area contributed by atoms with Crippen molar-refractivity contribution in [3.63, 3.8) is 0 Å². The summed E-state index contributed by atoms with van der Waals surface area (Å²) in [6.07, 6.45) is 1.65. The topological polar surface area (TPSA) is 120 Å². The molecule has 0 aliphatic carbocycles. The van der Waals surface area contributed by atoms with Crippen LogP contribution in [0.25, 0.3) is 0 Å². The van der Waals surface area contributed by atoms with Crippen LogP contribution in [0.1, 0.15) is 11.4 Å². The molecule has 8 nitrogen and oxygen atoms in total. The molecule has 108 valence electrons. The van der Waals surface area contributed by atoms with Crippen LogP contribution in [0.15, 0.2) is 17.8 Å². The van der Waals surface area contributed by atoms with Crippen LogP contribution in [0.5, 0.6) is 0 Å². The zero-order valence-electron chi connectivity index (χ0n) is 11.3. The van der Waals surface area contributed by atoms with Crippen LogP contribution < -0.4 is 10.6 Å². The van der Waals surface area contributed by atoms with E-state index in [4.69, 9.17) is 5.26 Å². The van der Waals surface area contributed by atoms with Crippen molar-refractivity contribution in [3.05, 3.63) is 39.3 Å². The van der Waals surface area contributed by atoms with E-state index in [0.29, 0.717) is 6.54 Å². The van der Waals surface area contributed by atoms with E-state index in [2.05, 4.69) is 20.6 Å². The number of thioether (sulfide) groups is 1. The van der Waals surface area contributed by atoms with E-state index in [1.165, 1.54) is 7.05 Å². The second kappa shape index (κ2) is 8.06. The molecule has 0 saturated carbocycles. The van der Waals surface area contributed by atoms with Gasteiger partial charge in [-0.3, -0.25) is 10.1 Å². The van der Waals surface area contributed by atoms with E-state index in [1.807, 2.05) is 6.92 Å². The van der Waals surface area contributed by atoms with Gasteiger partial charge in [-0.2, -0.15) is 17.0 Å². The molecule has 1 heterocycles. The molecule has 0 aliphatic heterocycles. The molecule has 0 fully saturated rings. The predicted molar refractivity (Wildman–Crippen MR) is 76.2 cm³/mol. The number of H-pyrrole nitrogens is 1. The van der Waals surface area contributed by atoms with Crippen LogP contribution in [-0.2, 0) is 5.75 Å². The third-order valence-corrected chi connectivity index (χ3v) is 3.49. The van der Waals surface area contributed by atoms with Crippen LogP contribution in [-0.4, -0.2) is 34.2 Å². The van der Waals surface area contributed by atoms with Gasteiger partial charge in [-0.1, -0.05) is 0 Å². The number of hydrogen-bond donors (Lipinski definition) is 3. The van der Waals surface area contributed by atoms with Crippen molar-refractivity contribution in [2.45, 2.75) is 12.7 Å². The Morgan fingerprint density at radius 1 is 1.70 bits per heavy atom. The lowest BCUT2D eigenvalue weighted by atomic mass is 10.4. The van der Waals surface area contributed by atoms with E-state index in [-0.39, 0.29) is 5.82 Å². The van der Waals surface area contributed by atoms with Gasteiger partial charge in [0.2, 0.25) is 0 Å². The van der Waals surface area contributed by atoms with Crippen molar-refractivity contribution < 1.29 is 4.92 Å². The number of nitro groups is 1. The van der Waals surface area contributed by atoms with Gasteiger partial charge >= 0.3 is 5.70 Å². The third-order valence-electron chi connectivity index (χ3n) is 2.50. The molecule has 0 bridgehead atoms. The molecule has 9 heteroatoms. The Balaban J connectivity index is 2.38. The van der Waals surface area contributed by atoms with Gasteiger partial charge in [-0.15, -0.1) is 0 Å². The highest BCUT2D eigenvalue weighted by Gasteiger charge is 2.16. The number of nitriles is 1. The minimum absolute atomic E-state index is 0.135. The van der Waals surface area contributed by atoms with E-state index in [0.717, 1.165) is 22.9 Å². The average molecular weight is 296 g/mol. The van der Waals surface area contributed by atoms with Gasteiger partial charge in [0.25, 0.3) is 0 Å². The quantitative estimate of drug-likeness (QED) is 0.280. The van der Waals surface area contributed by atoms with Crippen LogP contribution in [0.4, 0.5) is 0 Å². The second-order valence-electron chi connectivity index (χ2n) is 3.79. The fraction of sp³-hybridized carbons (Fsp3) is 0.455. The lowest BCUT2D eigenvalue weighted by molar-refractivity contribution is -0.419. The first kappa shape index (κ1) is 15.8. The molecule has 1 aromatic rings. The fourth-order valence-corrected chi connectivity index (χ4v) is 2.32. The zero-order valence-corrected chi connectivity index (χ0v) is 12.1. The monoisotopic (exact) mass is 296 g/mol. The van der Waals surface area contributed by atoms with Gasteiger partial charge in [-0.05, 0) is 6.92 Å². The number of nitrogens with one attached hydrogen (secondary N) is 3. The summed E-state index contributed by atoms with van der Waals surface area (Å²) in [7, 11) is 1.53. The number of allylic oxidation sites excluding steroid dienone is 1. The van der Waals surface area contributed by atoms with Gasteiger partial charge in [0, 0.05) is 30.8 Å². The predicted octanol–water partition coefficient (Wildman–Crippen LogP) is 0.730. The molecule has 0 amide bonds. The zero-order chi connectivity index (χ0) is 15.0. The van der Waals surface area contributed by atoms with E-state index in [1.54, 1.807) is 24.2 Å². The van der Waals surface area contributed by atoms with Crippen molar-refractivity contribution in [2.75, 3.05) is 19.3 Å². The van der Waals surface area contributed by atoms with Crippen LogP contribution in [0, 0.1) is 28.4 Å². The number of aromatic amines is 1. The standard InChI is InChI=1S/C11H16N6O2S/c1-8-9(16-7-15-8)6-20-4-3-14-11(13-2)10(5-12)17(18)19/h7,13-14H,3-4,6H2,1-2H3,(H,15,16)/b11-10+. The highest BCUT2D eigenvalue weighted by Crippen LogP contribution is 2.11. The van der Waals surface area contributed by atoms with Crippen molar-refractivity contribution in [2.24, 2.45) is 0 Å². The summed E-state index contributed by atoms with van der Waals surface area (Å²) in [4.78, 5) is 17.1. The minimum atomic E-state index is -0.708. The first-order valence-electron chi connectivity index (χ1n) is 5.87. The van der Waals surface area contributed by atoms with Crippen molar-refractivity contribution in [3.8, 4) is 6.07 Å². The Morgan fingerprint density at radius 3 is 2.95 bits per heavy atom. The Hall–Kier alpha value is -2.21. The molecule has 0 radical (unpaired) electrons. The van der Waals surface area contributed by atoms with Crippen LogP contribution >= 0.6 is 11.8 Å². The Labute approximate surface area is 120 Å². The molecule has 1 rings (SSSR count). The molecule has 0 spiro atoms. The summed E-state index contributed by atoms with van der Waals surface area (Å²) < 4.78 is 0. The number of aryl methyl sites for hydroxylation is 1. The summed E-state index contributed by atoms with van der Waals surface area (Å²) in [5, 5.41) is 24.8. The molecular weight excluding hydrogens is 280 g/mol. The molecule has 20 heavy (non-hydrogen) atoms. The minimum Gasteiger partial charge on any atom is -0.369 e. The Bertz CT molecular complexity index is 533. The van der Waals surface area contributed by atoms with Crippen molar-refractivity contribution >= 4 is 11.8 Å². The summed E-state index contributed by atoms with van der Waals surface area (Å²) in [6, 6.07) is 1.56. The summed E-state index contributed by atoms with van der Waals surface area (Å²) in [5.74, 6) is 1.68. The van der Waals surface area contributed by atoms with Gasteiger partial charge < -0.3 is 15.6 Å². The normalized spacial score (nSPS) is 11.4. The number of rotatable bonds is 8. The molecule has 0 saturated heterocycles. The molecule has 1 aromatic heterocycles. The molecule has 0 unspecified atom stereocenters. The second-order valence-corrected chi connectivity index (χ2v) is 4.89. The van der Waals surface area contributed by atoms with Gasteiger partial charge in [-0.25, -0.2) is 4.98 Å². The van der Waals surface area contributed by atoms with Crippen LogP contribution in [0.2, 0.25) is 0 Å².